The third kappa shape index (κ3) is 7.14. The molecule has 0 aromatic heterocycles. The largest absolute Gasteiger partial charge is 0.376 e. The van der Waals surface area contributed by atoms with Crippen molar-refractivity contribution in [2.24, 2.45) is 5.73 Å². The number of thioether (sulfide) groups is 1. The summed E-state index contributed by atoms with van der Waals surface area (Å²) in [6.45, 7) is 9.64. The molecule has 0 heterocycles. The summed E-state index contributed by atoms with van der Waals surface area (Å²) in [6.07, 6.45) is 11.6. The zero-order chi connectivity index (χ0) is 14.0. The van der Waals surface area contributed by atoms with Gasteiger partial charge in [-0.1, -0.05) is 54.8 Å². The number of hydrogen-bond acceptors (Lipinski definition) is 2. The van der Waals surface area contributed by atoms with Crippen LogP contribution in [-0.4, -0.2) is 5.11 Å². The van der Waals surface area contributed by atoms with Gasteiger partial charge in [0.1, 0.15) is 0 Å². The van der Waals surface area contributed by atoms with E-state index < -0.39 is 0 Å². The van der Waals surface area contributed by atoms with Crippen LogP contribution in [0.15, 0.2) is 58.5 Å². The predicted octanol–water partition coefficient (Wildman–Crippen LogP) is 4.01. The van der Waals surface area contributed by atoms with Gasteiger partial charge in [0.2, 0.25) is 0 Å². The molecule has 0 rings (SSSR count). The molecule has 0 bridgehead atoms. The van der Waals surface area contributed by atoms with Crippen LogP contribution in [0.25, 0.3) is 0 Å². The minimum atomic E-state index is 0.277. The summed E-state index contributed by atoms with van der Waals surface area (Å²) in [5, 5.41) is 4.15. The number of rotatable bonds is 6. The fourth-order valence-corrected chi connectivity index (χ4v) is 2.16. The van der Waals surface area contributed by atoms with Gasteiger partial charge < -0.3 is 11.1 Å². The zero-order valence-electron chi connectivity index (χ0n) is 11.1. The molecule has 0 aliphatic carbocycles. The average Bonchev–Trinajstić information content (AvgIpc) is 2.33. The van der Waals surface area contributed by atoms with E-state index in [1.807, 2.05) is 38.2 Å². The van der Waals surface area contributed by atoms with Crippen LogP contribution >= 0.6 is 24.0 Å². The van der Waals surface area contributed by atoms with Crippen LogP contribution in [-0.2, 0) is 0 Å². The van der Waals surface area contributed by atoms with Gasteiger partial charge in [0.25, 0.3) is 0 Å². The molecule has 98 valence electrons. The molecule has 2 nitrogen and oxygen atoms in total. The van der Waals surface area contributed by atoms with Crippen molar-refractivity contribution >= 4 is 29.1 Å². The van der Waals surface area contributed by atoms with Crippen LogP contribution in [0, 0.1) is 0 Å². The van der Waals surface area contributed by atoms with Gasteiger partial charge in [-0.05, 0) is 38.6 Å². The van der Waals surface area contributed by atoms with Gasteiger partial charge in [0.05, 0.1) is 5.03 Å². The summed E-state index contributed by atoms with van der Waals surface area (Å²) in [5.74, 6) is 0. The highest BCUT2D eigenvalue weighted by atomic mass is 32.2. The predicted molar refractivity (Wildman–Crippen MR) is 88.1 cm³/mol. The fraction of sp³-hybridized carbons (Fsp3) is 0.214. The second-order valence-corrected chi connectivity index (χ2v) is 4.89. The Kier molecular flexibility index (Phi) is 9.06. The third-order valence-corrected chi connectivity index (χ3v) is 3.41. The van der Waals surface area contributed by atoms with E-state index in [-0.39, 0.29) is 5.11 Å². The Bertz CT molecular complexity index is 416. The van der Waals surface area contributed by atoms with Gasteiger partial charge in [0.15, 0.2) is 5.11 Å². The second-order valence-electron chi connectivity index (χ2n) is 3.37. The lowest BCUT2D eigenvalue weighted by atomic mass is 10.2. The van der Waals surface area contributed by atoms with Crippen molar-refractivity contribution in [1.82, 2.24) is 5.32 Å². The SMILES string of the molecule is C=C\C=C/C=C(C)/C(=C/C)S/C(=C\C)NC(N)=S. The maximum atomic E-state index is 5.47. The van der Waals surface area contributed by atoms with Crippen LogP contribution < -0.4 is 11.1 Å². The van der Waals surface area contributed by atoms with E-state index in [9.17, 15) is 0 Å². The van der Waals surface area contributed by atoms with Crippen LogP contribution in [0.5, 0.6) is 0 Å². The molecule has 0 saturated carbocycles. The van der Waals surface area contributed by atoms with Crippen molar-refractivity contribution < 1.29 is 0 Å². The molecule has 18 heavy (non-hydrogen) atoms. The molecule has 0 amide bonds. The first-order valence-corrected chi connectivity index (χ1v) is 6.80. The summed E-state index contributed by atoms with van der Waals surface area (Å²) in [7, 11) is 0. The molecule has 0 spiro atoms. The highest BCUT2D eigenvalue weighted by Gasteiger charge is 2.04. The topological polar surface area (TPSA) is 38.0 Å². The molecule has 0 unspecified atom stereocenters. The average molecular weight is 280 g/mol. The number of nitrogens with two attached hydrogens (primary N) is 1. The van der Waals surface area contributed by atoms with Gasteiger partial charge in [-0.15, -0.1) is 0 Å². The lowest BCUT2D eigenvalue weighted by Crippen LogP contribution is -2.27. The highest BCUT2D eigenvalue weighted by molar-refractivity contribution is 8.07. The van der Waals surface area contributed by atoms with Gasteiger partial charge >= 0.3 is 0 Å². The maximum absolute atomic E-state index is 5.47. The van der Waals surface area contributed by atoms with Crippen LogP contribution in [0.2, 0.25) is 0 Å². The summed E-state index contributed by atoms with van der Waals surface area (Å²) < 4.78 is 0. The van der Waals surface area contributed by atoms with Crippen LogP contribution in [0.4, 0.5) is 0 Å². The Morgan fingerprint density at radius 3 is 2.39 bits per heavy atom. The van der Waals surface area contributed by atoms with E-state index in [4.69, 9.17) is 18.0 Å². The van der Waals surface area contributed by atoms with Crippen molar-refractivity contribution in [3.05, 3.63) is 58.5 Å². The molecular weight excluding hydrogens is 260 g/mol. The molecule has 0 radical (unpaired) electrons. The molecule has 0 saturated heterocycles. The Labute approximate surface area is 119 Å². The summed E-state index contributed by atoms with van der Waals surface area (Å²) in [4.78, 5) is 1.15. The Morgan fingerprint density at radius 2 is 1.94 bits per heavy atom. The minimum absolute atomic E-state index is 0.277. The summed E-state index contributed by atoms with van der Waals surface area (Å²) in [6, 6.07) is 0. The van der Waals surface area contributed by atoms with Gasteiger partial charge in [-0.3, -0.25) is 0 Å². The first-order valence-electron chi connectivity index (χ1n) is 5.58. The summed E-state index contributed by atoms with van der Waals surface area (Å²) in [5.41, 5.74) is 6.64. The summed E-state index contributed by atoms with van der Waals surface area (Å²) >= 11 is 6.43. The van der Waals surface area contributed by atoms with Crippen molar-refractivity contribution in [3.8, 4) is 0 Å². The minimum Gasteiger partial charge on any atom is -0.376 e. The Balaban J connectivity index is 4.80. The van der Waals surface area contributed by atoms with E-state index in [0.29, 0.717) is 0 Å². The molecule has 0 aromatic rings. The first-order chi connectivity index (χ1) is 8.54. The normalized spacial score (nSPS) is 13.8. The van der Waals surface area contributed by atoms with E-state index in [0.717, 1.165) is 9.93 Å². The third-order valence-electron chi connectivity index (χ3n) is 1.97. The highest BCUT2D eigenvalue weighted by Crippen LogP contribution is 2.29. The number of nitrogens with one attached hydrogen (secondary N) is 1. The number of hydrogen-bond donors (Lipinski definition) is 2. The molecule has 0 aromatic carbocycles. The number of thiocarbonyl (C=S) groups is 1. The molecule has 0 aliphatic rings. The molecule has 0 aliphatic heterocycles. The smallest absolute Gasteiger partial charge is 0.168 e. The van der Waals surface area contributed by atoms with E-state index >= 15 is 0 Å². The quantitative estimate of drug-likeness (QED) is 0.569. The molecule has 0 fully saturated rings. The second kappa shape index (κ2) is 9.74. The van der Waals surface area contributed by atoms with Crippen molar-refractivity contribution in [3.63, 3.8) is 0 Å². The van der Waals surface area contributed by atoms with Crippen LogP contribution in [0.3, 0.4) is 0 Å². The van der Waals surface area contributed by atoms with E-state index in [1.54, 1.807) is 17.8 Å². The first kappa shape index (κ1) is 16.7. The van der Waals surface area contributed by atoms with Gasteiger partial charge in [-0.25, -0.2) is 0 Å². The van der Waals surface area contributed by atoms with Gasteiger partial charge in [-0.2, -0.15) is 0 Å². The lowest BCUT2D eigenvalue weighted by molar-refractivity contribution is 1.24. The Hall–Kier alpha value is -1.26. The van der Waals surface area contributed by atoms with Gasteiger partial charge in [0, 0.05) is 4.91 Å². The van der Waals surface area contributed by atoms with E-state index in [2.05, 4.69) is 24.9 Å². The maximum Gasteiger partial charge on any atom is 0.168 e. The fourth-order valence-electron chi connectivity index (χ4n) is 1.12. The standard InChI is InChI=1S/C14H20N2S2/c1-5-8-9-10-11(4)12(6-2)18-13(7-3)16-14(15)17/h5-10H,1H2,2-4H3,(H3,15,16,17)/b9-8-,11-10+,12-6-,13-7-. The Morgan fingerprint density at radius 1 is 1.28 bits per heavy atom. The van der Waals surface area contributed by atoms with Crippen LogP contribution in [0.1, 0.15) is 20.8 Å². The molecular formula is C14H20N2S2. The van der Waals surface area contributed by atoms with Crippen molar-refractivity contribution in [2.75, 3.05) is 0 Å². The molecule has 3 N–H and O–H groups in total. The van der Waals surface area contributed by atoms with E-state index in [1.165, 1.54) is 5.57 Å². The monoisotopic (exact) mass is 280 g/mol. The zero-order valence-corrected chi connectivity index (χ0v) is 12.7. The molecule has 0 atom stereocenters. The molecule has 4 heteroatoms. The van der Waals surface area contributed by atoms with Crippen molar-refractivity contribution in [2.45, 2.75) is 20.8 Å². The van der Waals surface area contributed by atoms with Crippen molar-refractivity contribution in [1.29, 1.82) is 0 Å². The number of allylic oxidation sites excluding steroid dienone is 7. The lowest BCUT2D eigenvalue weighted by Gasteiger charge is -2.11.